The van der Waals surface area contributed by atoms with Crippen molar-refractivity contribution in [1.82, 2.24) is 5.32 Å². The first-order valence-electron chi connectivity index (χ1n) is 6.39. The van der Waals surface area contributed by atoms with E-state index in [2.05, 4.69) is 30.4 Å². The van der Waals surface area contributed by atoms with Crippen molar-refractivity contribution in [3.63, 3.8) is 0 Å². The first-order valence-corrected chi connectivity index (χ1v) is 7.38. The fourth-order valence-corrected chi connectivity index (χ4v) is 3.28. The third-order valence-corrected chi connectivity index (χ3v) is 4.30. The zero-order chi connectivity index (χ0) is 12.1. The van der Waals surface area contributed by atoms with Crippen LogP contribution < -0.4 is 10.1 Å². The van der Waals surface area contributed by atoms with E-state index in [-0.39, 0.29) is 0 Å². The van der Waals surface area contributed by atoms with Crippen molar-refractivity contribution >= 4 is 11.8 Å². The van der Waals surface area contributed by atoms with Gasteiger partial charge in [-0.1, -0.05) is 6.92 Å². The summed E-state index contributed by atoms with van der Waals surface area (Å²) >= 11 is 1.97. The molecule has 0 aromatic heterocycles. The van der Waals surface area contributed by atoms with Gasteiger partial charge in [0.05, 0.1) is 7.11 Å². The SMILES string of the molecule is CCCNC1CCCSc2ccc(OC)cc21. The van der Waals surface area contributed by atoms with E-state index in [4.69, 9.17) is 4.74 Å². The molecule has 94 valence electrons. The summed E-state index contributed by atoms with van der Waals surface area (Å²) < 4.78 is 5.34. The third-order valence-electron chi connectivity index (χ3n) is 3.13. The highest BCUT2D eigenvalue weighted by Gasteiger charge is 2.18. The average Bonchev–Trinajstić information content (AvgIpc) is 2.57. The van der Waals surface area contributed by atoms with Crippen LogP contribution in [0, 0.1) is 0 Å². The lowest BCUT2D eigenvalue weighted by molar-refractivity contribution is 0.411. The molecule has 2 rings (SSSR count). The molecular weight excluding hydrogens is 230 g/mol. The molecule has 1 aromatic rings. The van der Waals surface area contributed by atoms with Crippen molar-refractivity contribution in [2.75, 3.05) is 19.4 Å². The third kappa shape index (κ3) is 3.17. The van der Waals surface area contributed by atoms with Gasteiger partial charge in [-0.25, -0.2) is 0 Å². The molecule has 1 aromatic carbocycles. The minimum atomic E-state index is 0.495. The van der Waals surface area contributed by atoms with Crippen molar-refractivity contribution in [2.45, 2.75) is 37.1 Å². The van der Waals surface area contributed by atoms with Crippen molar-refractivity contribution < 1.29 is 4.74 Å². The lowest BCUT2D eigenvalue weighted by Gasteiger charge is -2.19. The van der Waals surface area contributed by atoms with Crippen LogP contribution >= 0.6 is 11.8 Å². The number of hydrogen-bond acceptors (Lipinski definition) is 3. The van der Waals surface area contributed by atoms with Crippen molar-refractivity contribution in [3.05, 3.63) is 23.8 Å². The summed E-state index contributed by atoms with van der Waals surface area (Å²) in [7, 11) is 1.74. The van der Waals surface area contributed by atoms with Gasteiger partial charge in [0.1, 0.15) is 5.75 Å². The number of thioether (sulfide) groups is 1. The molecule has 0 saturated heterocycles. The fourth-order valence-electron chi connectivity index (χ4n) is 2.21. The summed E-state index contributed by atoms with van der Waals surface area (Å²) in [6.07, 6.45) is 3.69. The molecule has 0 spiro atoms. The minimum Gasteiger partial charge on any atom is -0.497 e. The Bertz CT molecular complexity index is 367. The molecule has 0 fully saturated rings. The smallest absolute Gasteiger partial charge is 0.119 e. The number of benzene rings is 1. The van der Waals surface area contributed by atoms with E-state index in [9.17, 15) is 0 Å². The topological polar surface area (TPSA) is 21.3 Å². The monoisotopic (exact) mass is 251 g/mol. The molecule has 1 aliphatic rings. The van der Waals surface area contributed by atoms with Gasteiger partial charge in [0.25, 0.3) is 0 Å². The Morgan fingerprint density at radius 3 is 3.12 bits per heavy atom. The summed E-state index contributed by atoms with van der Waals surface area (Å²) in [6, 6.07) is 6.95. The van der Waals surface area contributed by atoms with Crippen molar-refractivity contribution in [1.29, 1.82) is 0 Å². The van der Waals surface area contributed by atoms with Gasteiger partial charge in [0.2, 0.25) is 0 Å². The Labute approximate surface area is 108 Å². The number of ether oxygens (including phenoxy) is 1. The number of rotatable bonds is 4. The molecule has 1 heterocycles. The molecule has 1 N–H and O–H groups in total. The number of hydrogen-bond donors (Lipinski definition) is 1. The van der Waals surface area contributed by atoms with Crippen LogP contribution in [-0.4, -0.2) is 19.4 Å². The molecule has 0 amide bonds. The van der Waals surface area contributed by atoms with Crippen LogP contribution in [-0.2, 0) is 0 Å². The van der Waals surface area contributed by atoms with E-state index in [0.29, 0.717) is 6.04 Å². The van der Waals surface area contributed by atoms with E-state index in [0.717, 1.165) is 12.3 Å². The lowest BCUT2D eigenvalue weighted by atomic mass is 10.0. The van der Waals surface area contributed by atoms with Crippen LogP contribution in [0.4, 0.5) is 0 Å². The van der Waals surface area contributed by atoms with Crippen LogP contribution in [0.5, 0.6) is 5.75 Å². The van der Waals surface area contributed by atoms with Crippen LogP contribution in [0.1, 0.15) is 37.8 Å². The van der Waals surface area contributed by atoms with Gasteiger partial charge in [-0.15, -0.1) is 11.8 Å². The normalized spacial score (nSPS) is 19.5. The van der Waals surface area contributed by atoms with Gasteiger partial charge in [0, 0.05) is 10.9 Å². The number of fused-ring (bicyclic) bond motifs is 1. The van der Waals surface area contributed by atoms with Gasteiger partial charge in [-0.3, -0.25) is 0 Å². The standard InChI is InChI=1S/C14H21NOS/c1-3-8-15-13-5-4-9-17-14-7-6-11(16-2)10-12(13)14/h6-7,10,13,15H,3-5,8-9H2,1-2H3. The first-order chi connectivity index (χ1) is 8.35. The zero-order valence-corrected chi connectivity index (χ0v) is 11.5. The first kappa shape index (κ1) is 12.8. The molecule has 1 atom stereocenters. The molecule has 1 unspecified atom stereocenters. The highest BCUT2D eigenvalue weighted by Crippen LogP contribution is 2.36. The molecular formula is C14H21NOS. The summed E-state index contributed by atoms with van der Waals surface area (Å²) in [4.78, 5) is 1.41. The van der Waals surface area contributed by atoms with Crippen molar-refractivity contribution in [3.8, 4) is 5.75 Å². The molecule has 3 heteroatoms. The van der Waals surface area contributed by atoms with E-state index >= 15 is 0 Å². The highest BCUT2D eigenvalue weighted by atomic mass is 32.2. The minimum absolute atomic E-state index is 0.495. The van der Waals surface area contributed by atoms with Gasteiger partial charge in [-0.2, -0.15) is 0 Å². The van der Waals surface area contributed by atoms with Gasteiger partial charge in [-0.05, 0) is 55.3 Å². The second-order valence-corrected chi connectivity index (χ2v) is 5.54. The van der Waals surface area contributed by atoms with Crippen LogP contribution in [0.15, 0.2) is 23.1 Å². The van der Waals surface area contributed by atoms with E-state index < -0.39 is 0 Å². The van der Waals surface area contributed by atoms with Gasteiger partial charge in [0.15, 0.2) is 0 Å². The molecule has 2 nitrogen and oxygen atoms in total. The number of nitrogens with one attached hydrogen (secondary N) is 1. The lowest BCUT2D eigenvalue weighted by Crippen LogP contribution is -2.22. The maximum atomic E-state index is 5.34. The van der Waals surface area contributed by atoms with E-state index in [1.54, 1.807) is 7.11 Å². The van der Waals surface area contributed by atoms with Crippen molar-refractivity contribution in [2.24, 2.45) is 0 Å². The Morgan fingerprint density at radius 2 is 2.35 bits per heavy atom. The Hall–Kier alpha value is -0.670. The zero-order valence-electron chi connectivity index (χ0n) is 10.7. The molecule has 0 radical (unpaired) electrons. The Balaban J connectivity index is 2.25. The summed E-state index contributed by atoms with van der Waals surface area (Å²) in [5.41, 5.74) is 1.42. The summed E-state index contributed by atoms with van der Waals surface area (Å²) in [5, 5.41) is 3.65. The van der Waals surface area contributed by atoms with Crippen LogP contribution in [0.3, 0.4) is 0 Å². The summed E-state index contributed by atoms with van der Waals surface area (Å²) in [5.74, 6) is 2.19. The molecule has 0 bridgehead atoms. The predicted molar refractivity (Wildman–Crippen MR) is 74.0 cm³/mol. The Kier molecular flexibility index (Phi) is 4.75. The predicted octanol–water partition coefficient (Wildman–Crippen LogP) is 3.62. The van der Waals surface area contributed by atoms with Gasteiger partial charge < -0.3 is 10.1 Å². The maximum absolute atomic E-state index is 5.34. The number of methoxy groups -OCH3 is 1. The second-order valence-electron chi connectivity index (χ2n) is 4.40. The second kappa shape index (κ2) is 6.31. The van der Waals surface area contributed by atoms with Gasteiger partial charge >= 0.3 is 0 Å². The Morgan fingerprint density at radius 1 is 1.47 bits per heavy atom. The molecule has 0 saturated carbocycles. The van der Waals surface area contributed by atoms with E-state index in [1.807, 2.05) is 11.8 Å². The largest absolute Gasteiger partial charge is 0.497 e. The molecule has 1 aliphatic heterocycles. The molecule has 17 heavy (non-hydrogen) atoms. The molecule has 0 aliphatic carbocycles. The van der Waals surface area contributed by atoms with Crippen LogP contribution in [0.25, 0.3) is 0 Å². The fraction of sp³-hybridized carbons (Fsp3) is 0.571. The maximum Gasteiger partial charge on any atom is 0.119 e. The highest BCUT2D eigenvalue weighted by molar-refractivity contribution is 7.99. The average molecular weight is 251 g/mol. The van der Waals surface area contributed by atoms with Crippen LogP contribution in [0.2, 0.25) is 0 Å². The quantitative estimate of drug-likeness (QED) is 0.883. The van der Waals surface area contributed by atoms with E-state index in [1.165, 1.54) is 35.5 Å². The summed E-state index contributed by atoms with van der Waals surface area (Å²) in [6.45, 7) is 3.30.